The Bertz CT molecular complexity index is 294. The van der Waals surface area contributed by atoms with Crippen LogP contribution in [-0.2, 0) is 11.3 Å². The minimum Gasteiger partial charge on any atom is -0.504 e. The molecule has 4 nitrogen and oxygen atoms in total. The zero-order valence-corrected chi connectivity index (χ0v) is 7.87. The van der Waals surface area contributed by atoms with E-state index in [0.717, 1.165) is 26.2 Å². The molecule has 0 bridgehead atoms. The van der Waals surface area contributed by atoms with Crippen molar-refractivity contribution in [2.75, 3.05) is 13.2 Å². The van der Waals surface area contributed by atoms with E-state index in [9.17, 15) is 0 Å². The summed E-state index contributed by atoms with van der Waals surface area (Å²) in [6.45, 7) is 2.30. The van der Waals surface area contributed by atoms with Crippen LogP contribution >= 0.6 is 11.6 Å². The van der Waals surface area contributed by atoms with Crippen LogP contribution < -0.4 is 0 Å². The second-order valence-corrected chi connectivity index (χ2v) is 3.59. The van der Waals surface area contributed by atoms with Crippen molar-refractivity contribution >= 4 is 11.6 Å². The smallest absolute Gasteiger partial charge is 0.172 e. The summed E-state index contributed by atoms with van der Waals surface area (Å²) in [5.74, 6) is 0.511. The third-order valence-corrected chi connectivity index (χ3v) is 2.60. The summed E-state index contributed by atoms with van der Waals surface area (Å²) in [7, 11) is 0. The normalized spacial score (nSPS) is 22.4. The summed E-state index contributed by atoms with van der Waals surface area (Å²) in [5.41, 5.74) is 0. The Morgan fingerprint density at radius 2 is 2.62 bits per heavy atom. The topological polar surface area (TPSA) is 47.3 Å². The van der Waals surface area contributed by atoms with Gasteiger partial charge in [-0.1, -0.05) is 11.6 Å². The van der Waals surface area contributed by atoms with Gasteiger partial charge in [-0.05, 0) is 6.42 Å². The lowest BCUT2D eigenvalue weighted by Crippen LogP contribution is -2.11. The summed E-state index contributed by atoms with van der Waals surface area (Å²) in [5, 5.41) is 13.4. The maximum absolute atomic E-state index is 9.17. The minimum atomic E-state index is 0.0422. The first-order chi connectivity index (χ1) is 6.27. The SMILES string of the molecule is Oc1cnn(CC2CCOC2)c1Cl. The van der Waals surface area contributed by atoms with Crippen LogP contribution in [-0.4, -0.2) is 28.1 Å². The number of rotatable bonds is 2. The molecule has 0 aliphatic carbocycles. The van der Waals surface area contributed by atoms with E-state index in [1.807, 2.05) is 0 Å². The lowest BCUT2D eigenvalue weighted by molar-refractivity contribution is 0.181. The lowest BCUT2D eigenvalue weighted by atomic mass is 10.1. The van der Waals surface area contributed by atoms with E-state index in [1.54, 1.807) is 4.68 Å². The number of hydrogen-bond acceptors (Lipinski definition) is 3. The zero-order chi connectivity index (χ0) is 9.26. The molecule has 2 rings (SSSR count). The highest BCUT2D eigenvalue weighted by Gasteiger charge is 2.18. The number of aromatic nitrogens is 2. The first-order valence-electron chi connectivity index (χ1n) is 4.25. The molecule has 1 N–H and O–H groups in total. The van der Waals surface area contributed by atoms with Gasteiger partial charge in [0, 0.05) is 19.1 Å². The molecule has 13 heavy (non-hydrogen) atoms. The fourth-order valence-electron chi connectivity index (χ4n) is 1.46. The van der Waals surface area contributed by atoms with E-state index >= 15 is 0 Å². The molecule has 1 aliphatic rings. The molecular formula is C8H11ClN2O2. The van der Waals surface area contributed by atoms with Crippen molar-refractivity contribution in [3.63, 3.8) is 0 Å². The van der Waals surface area contributed by atoms with Crippen molar-refractivity contribution in [1.29, 1.82) is 0 Å². The van der Waals surface area contributed by atoms with E-state index in [2.05, 4.69) is 5.10 Å². The third kappa shape index (κ3) is 1.78. The van der Waals surface area contributed by atoms with Crippen molar-refractivity contribution < 1.29 is 9.84 Å². The average molecular weight is 203 g/mol. The summed E-state index contributed by atoms with van der Waals surface area (Å²) in [4.78, 5) is 0. The molecule has 1 fully saturated rings. The monoisotopic (exact) mass is 202 g/mol. The first kappa shape index (κ1) is 8.84. The van der Waals surface area contributed by atoms with E-state index in [-0.39, 0.29) is 5.75 Å². The number of ether oxygens (including phenoxy) is 1. The van der Waals surface area contributed by atoms with Crippen molar-refractivity contribution in [2.24, 2.45) is 5.92 Å². The Morgan fingerprint density at radius 1 is 1.77 bits per heavy atom. The van der Waals surface area contributed by atoms with Gasteiger partial charge in [0.25, 0.3) is 0 Å². The van der Waals surface area contributed by atoms with Gasteiger partial charge in [0.15, 0.2) is 10.9 Å². The van der Waals surface area contributed by atoms with E-state index in [4.69, 9.17) is 21.4 Å². The predicted octanol–water partition coefficient (Wildman–Crippen LogP) is 1.28. The van der Waals surface area contributed by atoms with Crippen LogP contribution in [0.15, 0.2) is 6.20 Å². The Hall–Kier alpha value is -0.740. The van der Waals surface area contributed by atoms with Gasteiger partial charge in [0.1, 0.15) is 0 Å². The fraction of sp³-hybridized carbons (Fsp3) is 0.625. The molecule has 1 aliphatic heterocycles. The predicted molar refractivity (Wildman–Crippen MR) is 47.8 cm³/mol. The molecule has 1 aromatic rings. The molecule has 1 unspecified atom stereocenters. The highest BCUT2D eigenvalue weighted by Crippen LogP contribution is 2.24. The van der Waals surface area contributed by atoms with E-state index in [1.165, 1.54) is 6.20 Å². The molecule has 0 radical (unpaired) electrons. The molecular weight excluding hydrogens is 192 g/mol. The van der Waals surface area contributed by atoms with Gasteiger partial charge in [0.05, 0.1) is 12.8 Å². The van der Waals surface area contributed by atoms with Gasteiger partial charge in [-0.25, -0.2) is 0 Å². The van der Waals surface area contributed by atoms with Gasteiger partial charge in [-0.3, -0.25) is 4.68 Å². The average Bonchev–Trinajstić information content (AvgIpc) is 2.71. The summed E-state index contributed by atoms with van der Waals surface area (Å²) in [6.07, 6.45) is 2.40. The zero-order valence-electron chi connectivity index (χ0n) is 7.11. The number of hydrogen-bond donors (Lipinski definition) is 1. The molecule has 0 saturated carbocycles. The van der Waals surface area contributed by atoms with Crippen LogP contribution in [0, 0.1) is 5.92 Å². The van der Waals surface area contributed by atoms with Crippen LogP contribution in [0.1, 0.15) is 6.42 Å². The highest BCUT2D eigenvalue weighted by atomic mass is 35.5. The van der Waals surface area contributed by atoms with Gasteiger partial charge in [0.2, 0.25) is 0 Å². The molecule has 2 heterocycles. The van der Waals surface area contributed by atoms with Crippen LogP contribution in [0.5, 0.6) is 5.75 Å². The largest absolute Gasteiger partial charge is 0.504 e. The standard InChI is InChI=1S/C8H11ClN2O2/c9-8-7(12)3-10-11(8)4-6-1-2-13-5-6/h3,6,12H,1-2,4-5H2. The Labute approximate surface area is 81.1 Å². The lowest BCUT2D eigenvalue weighted by Gasteiger charge is -2.07. The summed E-state index contributed by atoms with van der Waals surface area (Å²) >= 11 is 5.80. The van der Waals surface area contributed by atoms with E-state index < -0.39 is 0 Å². The van der Waals surface area contributed by atoms with Crippen LogP contribution in [0.3, 0.4) is 0 Å². The first-order valence-corrected chi connectivity index (χ1v) is 4.63. The Balaban J connectivity index is 2.04. The Kier molecular flexibility index (Phi) is 2.42. The maximum atomic E-state index is 9.17. The van der Waals surface area contributed by atoms with Gasteiger partial charge in [-0.15, -0.1) is 0 Å². The van der Waals surface area contributed by atoms with Gasteiger partial charge < -0.3 is 9.84 Å². The number of aromatic hydroxyl groups is 1. The summed E-state index contributed by atoms with van der Waals surface area (Å²) < 4.78 is 6.84. The fourth-order valence-corrected chi connectivity index (χ4v) is 1.62. The molecule has 0 spiro atoms. The molecule has 1 saturated heterocycles. The molecule has 0 aromatic carbocycles. The molecule has 1 aromatic heterocycles. The second-order valence-electron chi connectivity index (χ2n) is 3.23. The molecule has 72 valence electrons. The summed E-state index contributed by atoms with van der Waals surface area (Å²) in [6, 6.07) is 0. The van der Waals surface area contributed by atoms with Crippen molar-refractivity contribution in [2.45, 2.75) is 13.0 Å². The molecule has 1 atom stereocenters. The Morgan fingerprint density at radius 3 is 3.15 bits per heavy atom. The van der Waals surface area contributed by atoms with Crippen molar-refractivity contribution in [1.82, 2.24) is 9.78 Å². The van der Waals surface area contributed by atoms with Crippen molar-refractivity contribution in [3.05, 3.63) is 11.3 Å². The molecule has 5 heteroatoms. The molecule has 0 amide bonds. The third-order valence-electron chi connectivity index (χ3n) is 2.21. The number of halogens is 1. The van der Waals surface area contributed by atoms with Crippen LogP contribution in [0.2, 0.25) is 5.15 Å². The minimum absolute atomic E-state index is 0.0422. The highest BCUT2D eigenvalue weighted by molar-refractivity contribution is 6.30. The van der Waals surface area contributed by atoms with Crippen LogP contribution in [0.4, 0.5) is 0 Å². The van der Waals surface area contributed by atoms with Crippen LogP contribution in [0.25, 0.3) is 0 Å². The van der Waals surface area contributed by atoms with E-state index in [0.29, 0.717) is 11.1 Å². The number of nitrogens with zero attached hydrogens (tertiary/aromatic N) is 2. The second kappa shape index (κ2) is 3.55. The maximum Gasteiger partial charge on any atom is 0.172 e. The van der Waals surface area contributed by atoms with Gasteiger partial charge in [-0.2, -0.15) is 5.10 Å². The quantitative estimate of drug-likeness (QED) is 0.786. The van der Waals surface area contributed by atoms with Crippen molar-refractivity contribution in [3.8, 4) is 5.75 Å². The van der Waals surface area contributed by atoms with Gasteiger partial charge >= 0.3 is 0 Å².